The molecule has 9 heteroatoms. The zero-order chi connectivity index (χ0) is 19.8. The molecule has 3 N–H and O–H groups in total. The van der Waals surface area contributed by atoms with Crippen molar-refractivity contribution in [3.8, 4) is 0 Å². The summed E-state index contributed by atoms with van der Waals surface area (Å²) in [7, 11) is 0. The van der Waals surface area contributed by atoms with Gasteiger partial charge in [0.2, 0.25) is 0 Å². The number of nitro groups is 1. The Kier molecular flexibility index (Phi) is 9.72. The van der Waals surface area contributed by atoms with Gasteiger partial charge in [0.05, 0.1) is 42.4 Å². The second-order valence-corrected chi connectivity index (χ2v) is 6.49. The van der Waals surface area contributed by atoms with Gasteiger partial charge in [-0.3, -0.25) is 14.9 Å². The molecule has 0 heterocycles. The quantitative estimate of drug-likeness (QED) is 0.377. The third kappa shape index (κ3) is 6.37. The van der Waals surface area contributed by atoms with Gasteiger partial charge < -0.3 is 27.9 Å². The molecule has 7 nitrogen and oxygen atoms in total. The number of benzene rings is 2. The van der Waals surface area contributed by atoms with Crippen molar-refractivity contribution < 1.29 is 27.0 Å². The summed E-state index contributed by atoms with van der Waals surface area (Å²) in [5.41, 5.74) is 1.05. The minimum atomic E-state index is -0.510. The summed E-state index contributed by atoms with van der Waals surface area (Å²) in [5.74, 6) is -0.221. The molecule has 2 aromatic carbocycles. The average molecular weight is 427 g/mol. The molecule has 2 rings (SSSR count). The van der Waals surface area contributed by atoms with Crippen molar-refractivity contribution in [2.24, 2.45) is 0 Å². The van der Waals surface area contributed by atoms with E-state index in [-0.39, 0.29) is 34.7 Å². The van der Waals surface area contributed by atoms with Crippen molar-refractivity contribution >= 4 is 34.6 Å². The summed E-state index contributed by atoms with van der Waals surface area (Å²) < 4.78 is 0. The van der Waals surface area contributed by atoms with Gasteiger partial charge in [-0.2, -0.15) is 0 Å². The summed E-state index contributed by atoms with van der Waals surface area (Å²) in [5, 5.41) is 17.4. The van der Waals surface area contributed by atoms with Crippen molar-refractivity contribution in [2.75, 3.05) is 31.5 Å². The fourth-order valence-corrected chi connectivity index (χ4v) is 2.91. The average Bonchev–Trinajstić information content (AvgIpc) is 2.66. The molecule has 0 aliphatic carbocycles. The Morgan fingerprint density at radius 2 is 1.82 bits per heavy atom. The first-order chi connectivity index (χ1) is 13.0. The van der Waals surface area contributed by atoms with E-state index in [1.165, 1.54) is 17.0 Å². The normalized spacial score (nSPS) is 10.3. The molecule has 0 saturated carbocycles. The van der Waals surface area contributed by atoms with Gasteiger partial charge >= 0.3 is 0 Å². The molecule has 0 radical (unpaired) electrons. The molecule has 0 atom stereocenters. The molecule has 0 bridgehead atoms. The number of nitrogens with zero attached hydrogens (tertiary/aromatic N) is 1. The van der Waals surface area contributed by atoms with E-state index < -0.39 is 4.92 Å². The first kappa shape index (κ1) is 23.7. The van der Waals surface area contributed by atoms with Gasteiger partial charge in [-0.15, -0.1) is 0 Å². The SMILES string of the molecule is CC[NH+](CC)CCNC(=O)c1ccccc1Nc1ccc(Cl)cc1[N+](=O)[O-].[Cl-]. The third-order valence-electron chi connectivity index (χ3n) is 4.36. The van der Waals surface area contributed by atoms with E-state index in [0.717, 1.165) is 19.6 Å². The number of halogens is 2. The molecule has 0 unspecified atom stereocenters. The second kappa shape index (κ2) is 11.5. The highest BCUT2D eigenvalue weighted by molar-refractivity contribution is 6.31. The lowest BCUT2D eigenvalue weighted by molar-refractivity contribution is -0.895. The predicted molar refractivity (Wildman–Crippen MR) is 107 cm³/mol. The fraction of sp³-hybridized carbons (Fsp3) is 0.316. The Morgan fingerprint density at radius 3 is 2.46 bits per heavy atom. The first-order valence-corrected chi connectivity index (χ1v) is 9.25. The van der Waals surface area contributed by atoms with E-state index in [4.69, 9.17) is 11.6 Å². The summed E-state index contributed by atoms with van der Waals surface area (Å²) in [6.07, 6.45) is 0. The predicted octanol–water partition coefficient (Wildman–Crippen LogP) is -0.350. The number of amides is 1. The van der Waals surface area contributed by atoms with Crippen LogP contribution in [-0.4, -0.2) is 37.0 Å². The van der Waals surface area contributed by atoms with Crippen molar-refractivity contribution in [3.63, 3.8) is 0 Å². The number of quaternary nitrogens is 1. The van der Waals surface area contributed by atoms with Crippen LogP contribution in [0.1, 0.15) is 24.2 Å². The lowest BCUT2D eigenvalue weighted by atomic mass is 10.1. The fourth-order valence-electron chi connectivity index (χ4n) is 2.75. The van der Waals surface area contributed by atoms with Crippen LogP contribution < -0.4 is 27.9 Å². The van der Waals surface area contributed by atoms with Gasteiger partial charge in [-0.05, 0) is 38.1 Å². The lowest BCUT2D eigenvalue weighted by Gasteiger charge is -2.16. The highest BCUT2D eigenvalue weighted by Gasteiger charge is 2.17. The number of hydrogen-bond acceptors (Lipinski definition) is 4. The molecule has 0 aromatic heterocycles. The van der Waals surface area contributed by atoms with Crippen molar-refractivity contribution in [2.45, 2.75) is 13.8 Å². The minimum Gasteiger partial charge on any atom is -1.00 e. The third-order valence-corrected chi connectivity index (χ3v) is 4.60. The van der Waals surface area contributed by atoms with Crippen LogP contribution in [0.2, 0.25) is 5.02 Å². The molecule has 2 aromatic rings. The summed E-state index contributed by atoms with van der Waals surface area (Å²) in [6, 6.07) is 11.3. The maximum Gasteiger partial charge on any atom is 0.294 e. The highest BCUT2D eigenvalue weighted by Crippen LogP contribution is 2.31. The molecule has 0 spiro atoms. The molecule has 0 fully saturated rings. The smallest absolute Gasteiger partial charge is 0.294 e. The van der Waals surface area contributed by atoms with E-state index in [0.29, 0.717) is 17.8 Å². The van der Waals surface area contributed by atoms with Crippen molar-refractivity contribution in [1.82, 2.24) is 5.32 Å². The standard InChI is InChI=1S/C19H23ClN4O3.ClH/c1-3-23(4-2)12-11-21-19(25)15-7-5-6-8-16(15)22-17-10-9-14(20)13-18(17)24(26)27;/h5-10,13,22H,3-4,11-12H2,1-2H3,(H,21,25);1H. The molecular weight excluding hydrogens is 403 g/mol. The highest BCUT2D eigenvalue weighted by atomic mass is 35.5. The Bertz CT molecular complexity index is 814. The number of nitro benzene ring substituents is 1. The Hall–Kier alpha value is -2.35. The largest absolute Gasteiger partial charge is 1.00 e. The lowest BCUT2D eigenvalue weighted by Crippen LogP contribution is -3.12. The molecule has 0 saturated heterocycles. The van der Waals surface area contributed by atoms with Gasteiger partial charge in [0.15, 0.2) is 0 Å². The monoisotopic (exact) mass is 426 g/mol. The number of rotatable bonds is 9. The van der Waals surface area contributed by atoms with Crippen molar-refractivity contribution in [3.05, 3.63) is 63.2 Å². The van der Waals surface area contributed by atoms with Crippen LogP contribution in [0, 0.1) is 10.1 Å². The van der Waals surface area contributed by atoms with Crippen LogP contribution in [0.5, 0.6) is 0 Å². The van der Waals surface area contributed by atoms with E-state index >= 15 is 0 Å². The van der Waals surface area contributed by atoms with Crippen LogP contribution in [0.4, 0.5) is 17.1 Å². The number of hydrogen-bond donors (Lipinski definition) is 3. The summed E-state index contributed by atoms with van der Waals surface area (Å²) in [6.45, 7) is 7.63. The number of likely N-dealkylation sites (N-methyl/N-ethyl adjacent to an activating group) is 1. The molecule has 152 valence electrons. The van der Waals surface area contributed by atoms with E-state index in [1.54, 1.807) is 30.3 Å². The van der Waals surface area contributed by atoms with Gasteiger partial charge in [0.25, 0.3) is 11.6 Å². The summed E-state index contributed by atoms with van der Waals surface area (Å²) >= 11 is 5.85. The van der Waals surface area contributed by atoms with Crippen LogP contribution in [0.25, 0.3) is 0 Å². The number of nitrogens with one attached hydrogen (secondary N) is 3. The van der Waals surface area contributed by atoms with Crippen LogP contribution in [0.3, 0.4) is 0 Å². The Labute approximate surface area is 175 Å². The zero-order valence-electron chi connectivity index (χ0n) is 15.8. The summed E-state index contributed by atoms with van der Waals surface area (Å²) in [4.78, 5) is 24.7. The maximum absolute atomic E-state index is 12.6. The Balaban J connectivity index is 0.00000392. The second-order valence-electron chi connectivity index (χ2n) is 6.05. The van der Waals surface area contributed by atoms with E-state index in [2.05, 4.69) is 24.5 Å². The van der Waals surface area contributed by atoms with Crippen LogP contribution in [0.15, 0.2) is 42.5 Å². The van der Waals surface area contributed by atoms with E-state index in [1.807, 2.05) is 0 Å². The van der Waals surface area contributed by atoms with Gasteiger partial charge in [-0.1, -0.05) is 23.7 Å². The molecular formula is C19H24Cl2N4O3. The van der Waals surface area contributed by atoms with Crippen LogP contribution >= 0.6 is 11.6 Å². The molecule has 0 aliphatic heterocycles. The molecule has 0 aliphatic rings. The topological polar surface area (TPSA) is 88.7 Å². The Morgan fingerprint density at radius 1 is 1.14 bits per heavy atom. The number of anilines is 2. The van der Waals surface area contributed by atoms with Gasteiger partial charge in [-0.25, -0.2) is 0 Å². The number of para-hydroxylation sites is 1. The first-order valence-electron chi connectivity index (χ1n) is 8.88. The van der Waals surface area contributed by atoms with Crippen LogP contribution in [-0.2, 0) is 0 Å². The molecule has 1 amide bonds. The van der Waals surface area contributed by atoms with Crippen molar-refractivity contribution in [1.29, 1.82) is 0 Å². The minimum absolute atomic E-state index is 0. The maximum atomic E-state index is 12.6. The van der Waals surface area contributed by atoms with E-state index in [9.17, 15) is 14.9 Å². The number of carbonyl (C=O) groups excluding carboxylic acids is 1. The zero-order valence-corrected chi connectivity index (χ0v) is 17.3. The van der Waals surface area contributed by atoms with Gasteiger partial charge in [0.1, 0.15) is 5.69 Å². The number of carbonyl (C=O) groups is 1. The molecule has 28 heavy (non-hydrogen) atoms. The van der Waals surface area contributed by atoms with Gasteiger partial charge in [0, 0.05) is 11.1 Å².